The van der Waals surface area contributed by atoms with Crippen LogP contribution in [0, 0.1) is 6.92 Å². The maximum atomic E-state index is 12.1. The molecule has 0 fully saturated rings. The molecule has 2 aromatic rings. The Labute approximate surface area is 109 Å². The van der Waals surface area contributed by atoms with Crippen LogP contribution in [0.2, 0.25) is 0 Å². The predicted molar refractivity (Wildman–Crippen MR) is 70.4 cm³/mol. The molecular weight excluding hydrogens is 250 g/mol. The van der Waals surface area contributed by atoms with E-state index in [9.17, 15) is 4.79 Å². The van der Waals surface area contributed by atoms with Crippen LogP contribution in [0.5, 0.6) is 0 Å². The van der Waals surface area contributed by atoms with E-state index in [0.29, 0.717) is 0 Å². The number of aryl methyl sites for hydroxylation is 1. The van der Waals surface area contributed by atoms with Crippen molar-refractivity contribution in [3.8, 4) is 0 Å². The number of hydrogen-bond donors (Lipinski definition) is 2. The molecule has 18 heavy (non-hydrogen) atoms. The number of rotatable bonds is 3. The number of nitrogens with zero attached hydrogens (tertiary/aromatic N) is 3. The van der Waals surface area contributed by atoms with Crippen molar-refractivity contribution in [3.05, 3.63) is 27.7 Å². The molecule has 0 aliphatic carbocycles. The van der Waals surface area contributed by atoms with Crippen LogP contribution in [0.1, 0.15) is 33.3 Å². The van der Waals surface area contributed by atoms with Crippen LogP contribution in [0.25, 0.3) is 0 Å². The summed E-state index contributed by atoms with van der Waals surface area (Å²) in [5.74, 6) is 0.0132. The first kappa shape index (κ1) is 12.6. The molecule has 1 amide bonds. The molecule has 6 nitrogen and oxygen atoms in total. The SMILES string of the molecule is Cc1ccc(C(C)N(C)C(=O)c2nc(N)n[nH]2)s1. The summed E-state index contributed by atoms with van der Waals surface area (Å²) in [4.78, 5) is 19.9. The van der Waals surface area contributed by atoms with Gasteiger partial charge in [-0.3, -0.25) is 9.89 Å². The molecule has 7 heteroatoms. The minimum Gasteiger partial charge on any atom is -0.366 e. The van der Waals surface area contributed by atoms with Gasteiger partial charge >= 0.3 is 0 Å². The summed E-state index contributed by atoms with van der Waals surface area (Å²) in [5, 5.41) is 6.18. The number of anilines is 1. The van der Waals surface area contributed by atoms with Gasteiger partial charge in [-0.15, -0.1) is 16.4 Å². The molecule has 0 radical (unpaired) electrons. The molecule has 1 atom stereocenters. The molecule has 2 heterocycles. The third-order valence-electron chi connectivity index (χ3n) is 2.78. The number of nitrogens with two attached hydrogens (primary N) is 1. The molecule has 3 N–H and O–H groups in total. The molecule has 0 spiro atoms. The van der Waals surface area contributed by atoms with Crippen molar-refractivity contribution in [3.63, 3.8) is 0 Å². The van der Waals surface area contributed by atoms with E-state index in [-0.39, 0.29) is 23.7 Å². The zero-order valence-corrected chi connectivity index (χ0v) is 11.3. The Hall–Kier alpha value is -1.89. The molecule has 0 aliphatic rings. The van der Waals surface area contributed by atoms with Crippen molar-refractivity contribution in [1.82, 2.24) is 20.1 Å². The van der Waals surface area contributed by atoms with E-state index < -0.39 is 0 Å². The average molecular weight is 265 g/mol. The largest absolute Gasteiger partial charge is 0.366 e. The predicted octanol–water partition coefficient (Wildman–Crippen LogP) is 1.59. The molecule has 2 rings (SSSR count). The maximum absolute atomic E-state index is 12.1. The normalized spacial score (nSPS) is 12.4. The first-order valence-corrected chi connectivity index (χ1v) is 6.32. The molecular formula is C11H15N5OS. The molecule has 0 saturated heterocycles. The minimum atomic E-state index is -0.224. The molecule has 2 aromatic heterocycles. The summed E-state index contributed by atoms with van der Waals surface area (Å²) >= 11 is 1.68. The number of H-pyrrole nitrogens is 1. The van der Waals surface area contributed by atoms with Gasteiger partial charge in [0, 0.05) is 16.8 Å². The number of carbonyl (C=O) groups is 1. The summed E-state index contributed by atoms with van der Waals surface area (Å²) in [6, 6.07) is 4.06. The smallest absolute Gasteiger partial charge is 0.291 e. The number of nitrogen functional groups attached to an aromatic ring is 1. The number of amides is 1. The van der Waals surface area contributed by atoms with Crippen LogP contribution in [0.15, 0.2) is 12.1 Å². The van der Waals surface area contributed by atoms with Crippen molar-refractivity contribution < 1.29 is 4.79 Å². The number of thiophene rings is 1. The fraction of sp³-hybridized carbons (Fsp3) is 0.364. The highest BCUT2D eigenvalue weighted by Crippen LogP contribution is 2.26. The van der Waals surface area contributed by atoms with E-state index in [1.807, 2.05) is 26.0 Å². The summed E-state index contributed by atoms with van der Waals surface area (Å²) in [6.45, 7) is 4.02. The molecule has 1 unspecified atom stereocenters. The van der Waals surface area contributed by atoms with Gasteiger partial charge < -0.3 is 10.6 Å². The Balaban J connectivity index is 2.16. The van der Waals surface area contributed by atoms with Gasteiger partial charge in [-0.05, 0) is 26.0 Å². The number of hydrogen-bond acceptors (Lipinski definition) is 5. The first-order valence-electron chi connectivity index (χ1n) is 5.50. The zero-order valence-electron chi connectivity index (χ0n) is 10.5. The Bertz CT molecular complexity index is 561. The van der Waals surface area contributed by atoms with Crippen molar-refractivity contribution in [2.24, 2.45) is 0 Å². The van der Waals surface area contributed by atoms with E-state index in [4.69, 9.17) is 5.73 Å². The number of aromatic nitrogens is 3. The molecule has 0 bridgehead atoms. The summed E-state index contributed by atoms with van der Waals surface area (Å²) < 4.78 is 0. The lowest BCUT2D eigenvalue weighted by Crippen LogP contribution is -2.30. The average Bonchev–Trinajstić information content (AvgIpc) is 2.95. The van der Waals surface area contributed by atoms with Gasteiger partial charge in [-0.25, -0.2) is 0 Å². The molecule has 0 saturated carbocycles. The van der Waals surface area contributed by atoms with Crippen molar-refractivity contribution >= 4 is 23.2 Å². The van der Waals surface area contributed by atoms with Gasteiger partial charge in [-0.1, -0.05) is 0 Å². The fourth-order valence-corrected chi connectivity index (χ4v) is 2.55. The number of nitrogens with one attached hydrogen (secondary N) is 1. The number of carbonyl (C=O) groups excluding carboxylic acids is 1. The monoisotopic (exact) mass is 265 g/mol. The van der Waals surface area contributed by atoms with Gasteiger partial charge in [0.1, 0.15) is 0 Å². The van der Waals surface area contributed by atoms with Crippen molar-refractivity contribution in [1.29, 1.82) is 0 Å². The van der Waals surface area contributed by atoms with Gasteiger partial charge in [0.15, 0.2) is 0 Å². The van der Waals surface area contributed by atoms with Crippen molar-refractivity contribution in [2.45, 2.75) is 19.9 Å². The van der Waals surface area contributed by atoms with E-state index in [1.54, 1.807) is 23.3 Å². The van der Waals surface area contributed by atoms with E-state index in [1.165, 1.54) is 4.88 Å². The van der Waals surface area contributed by atoms with Crippen LogP contribution >= 0.6 is 11.3 Å². The zero-order chi connectivity index (χ0) is 13.3. The van der Waals surface area contributed by atoms with Gasteiger partial charge in [0.05, 0.1) is 6.04 Å². The standard InChI is InChI=1S/C11H15N5OS/c1-6-4-5-8(18-6)7(2)16(3)10(17)9-13-11(12)15-14-9/h4-5,7H,1-3H3,(H3,12,13,14,15). The third-order valence-corrected chi connectivity index (χ3v) is 3.95. The quantitative estimate of drug-likeness (QED) is 0.882. The minimum absolute atomic E-state index is 0.0116. The topological polar surface area (TPSA) is 87.9 Å². The lowest BCUT2D eigenvalue weighted by molar-refractivity contribution is 0.0733. The Kier molecular flexibility index (Phi) is 3.33. The highest BCUT2D eigenvalue weighted by molar-refractivity contribution is 7.12. The highest BCUT2D eigenvalue weighted by Gasteiger charge is 2.22. The van der Waals surface area contributed by atoms with Crippen LogP contribution in [-0.4, -0.2) is 33.0 Å². The maximum Gasteiger partial charge on any atom is 0.291 e. The Morgan fingerprint density at radius 2 is 2.28 bits per heavy atom. The Morgan fingerprint density at radius 3 is 2.78 bits per heavy atom. The van der Waals surface area contributed by atoms with E-state index >= 15 is 0 Å². The summed E-state index contributed by atoms with van der Waals surface area (Å²) in [5.41, 5.74) is 5.38. The third kappa shape index (κ3) is 2.35. The Morgan fingerprint density at radius 1 is 1.56 bits per heavy atom. The number of aromatic amines is 1. The molecule has 96 valence electrons. The lowest BCUT2D eigenvalue weighted by atomic mass is 10.2. The highest BCUT2D eigenvalue weighted by atomic mass is 32.1. The van der Waals surface area contributed by atoms with Crippen LogP contribution < -0.4 is 5.73 Å². The van der Waals surface area contributed by atoms with Crippen molar-refractivity contribution in [2.75, 3.05) is 12.8 Å². The van der Waals surface area contributed by atoms with E-state index in [0.717, 1.165) is 4.88 Å². The second kappa shape index (κ2) is 4.77. The fourth-order valence-electron chi connectivity index (χ4n) is 1.58. The van der Waals surface area contributed by atoms with Gasteiger partial charge in [0.25, 0.3) is 5.91 Å². The molecule has 0 aliphatic heterocycles. The van der Waals surface area contributed by atoms with Gasteiger partial charge in [-0.2, -0.15) is 4.98 Å². The molecule has 0 aromatic carbocycles. The van der Waals surface area contributed by atoms with Crippen LogP contribution in [0.4, 0.5) is 5.95 Å². The summed E-state index contributed by atoms with van der Waals surface area (Å²) in [6.07, 6.45) is 0. The first-order chi connectivity index (χ1) is 8.49. The van der Waals surface area contributed by atoms with E-state index in [2.05, 4.69) is 15.2 Å². The second-order valence-electron chi connectivity index (χ2n) is 4.08. The van der Waals surface area contributed by atoms with Gasteiger partial charge in [0.2, 0.25) is 11.8 Å². The van der Waals surface area contributed by atoms with Crippen LogP contribution in [0.3, 0.4) is 0 Å². The summed E-state index contributed by atoms with van der Waals surface area (Å²) in [7, 11) is 1.74. The second-order valence-corrected chi connectivity index (χ2v) is 5.40. The van der Waals surface area contributed by atoms with Crippen LogP contribution in [-0.2, 0) is 0 Å². The lowest BCUT2D eigenvalue weighted by Gasteiger charge is -2.22.